The molecular weight excluding hydrogens is 428 g/mol. The summed E-state index contributed by atoms with van der Waals surface area (Å²) in [5.74, 6) is 0.452. The van der Waals surface area contributed by atoms with Crippen LogP contribution in [0.2, 0.25) is 0 Å². The fraction of sp³-hybridized carbons (Fsp3) is 0.111. The number of carbonyl (C=O) groups is 2. The van der Waals surface area contributed by atoms with E-state index in [1.54, 1.807) is 55.7 Å². The van der Waals surface area contributed by atoms with Crippen molar-refractivity contribution in [1.29, 1.82) is 0 Å². The van der Waals surface area contributed by atoms with Crippen LogP contribution in [0.15, 0.2) is 85.2 Å². The number of anilines is 1. The van der Waals surface area contributed by atoms with Crippen molar-refractivity contribution in [2.24, 2.45) is 0 Å². The first-order chi connectivity index (χ1) is 16.6. The van der Waals surface area contributed by atoms with Gasteiger partial charge in [0.15, 0.2) is 0 Å². The van der Waals surface area contributed by atoms with Crippen molar-refractivity contribution in [1.82, 2.24) is 15.3 Å². The summed E-state index contributed by atoms with van der Waals surface area (Å²) in [7, 11) is 1.54. The van der Waals surface area contributed by atoms with Gasteiger partial charge in [0, 0.05) is 36.8 Å². The summed E-state index contributed by atoms with van der Waals surface area (Å²) in [5.41, 5.74) is 4.49. The average Bonchev–Trinajstić information content (AvgIpc) is 2.89. The Morgan fingerprint density at radius 2 is 1.53 bits per heavy atom. The third-order valence-corrected chi connectivity index (χ3v) is 5.23. The maximum atomic E-state index is 12.6. The van der Waals surface area contributed by atoms with Crippen molar-refractivity contribution >= 4 is 17.5 Å². The van der Waals surface area contributed by atoms with E-state index in [2.05, 4.69) is 51.8 Å². The van der Waals surface area contributed by atoms with E-state index in [0.29, 0.717) is 22.9 Å². The van der Waals surface area contributed by atoms with Crippen LogP contribution in [0.3, 0.4) is 0 Å². The number of nitrogens with zero attached hydrogens (tertiary/aromatic N) is 2. The number of aromatic nitrogens is 2. The highest BCUT2D eigenvalue weighted by Crippen LogP contribution is 2.24. The molecule has 0 bridgehead atoms. The highest BCUT2D eigenvalue weighted by molar-refractivity contribution is 6.03. The number of carbonyl (C=O) groups excluding carboxylic acids is 2. The van der Waals surface area contributed by atoms with Crippen molar-refractivity contribution in [2.45, 2.75) is 13.3 Å². The molecule has 7 nitrogen and oxygen atoms in total. The van der Waals surface area contributed by atoms with E-state index in [1.807, 2.05) is 6.07 Å². The smallest absolute Gasteiger partial charge is 0.274 e. The highest BCUT2D eigenvalue weighted by Gasteiger charge is 2.10. The second kappa shape index (κ2) is 10.4. The van der Waals surface area contributed by atoms with E-state index < -0.39 is 0 Å². The van der Waals surface area contributed by atoms with Crippen LogP contribution in [0.4, 0.5) is 5.69 Å². The molecule has 0 saturated heterocycles. The predicted octanol–water partition coefficient (Wildman–Crippen LogP) is 5.11. The van der Waals surface area contributed by atoms with Gasteiger partial charge in [0.25, 0.3) is 11.8 Å². The summed E-state index contributed by atoms with van der Waals surface area (Å²) in [6.45, 7) is 2.12. The Labute approximate surface area is 197 Å². The number of rotatable bonds is 7. The van der Waals surface area contributed by atoms with Gasteiger partial charge in [-0.1, -0.05) is 37.3 Å². The van der Waals surface area contributed by atoms with E-state index in [1.165, 1.54) is 11.8 Å². The lowest BCUT2D eigenvalue weighted by atomic mass is 10.0. The summed E-state index contributed by atoms with van der Waals surface area (Å²) in [6.07, 6.45) is 4.20. The molecule has 2 N–H and O–H groups in total. The fourth-order valence-corrected chi connectivity index (χ4v) is 3.30. The second-order valence-electron chi connectivity index (χ2n) is 7.52. The first-order valence-electron chi connectivity index (χ1n) is 10.9. The molecule has 2 aromatic carbocycles. The van der Waals surface area contributed by atoms with Gasteiger partial charge in [0.05, 0.1) is 0 Å². The molecule has 2 aromatic heterocycles. The predicted molar refractivity (Wildman–Crippen MR) is 131 cm³/mol. The Morgan fingerprint density at radius 3 is 2.18 bits per heavy atom. The zero-order valence-corrected chi connectivity index (χ0v) is 18.9. The van der Waals surface area contributed by atoms with E-state index in [9.17, 15) is 9.59 Å². The molecule has 0 aliphatic rings. The van der Waals surface area contributed by atoms with Crippen LogP contribution in [-0.4, -0.2) is 28.8 Å². The Hall–Kier alpha value is -4.52. The van der Waals surface area contributed by atoms with Gasteiger partial charge in [-0.3, -0.25) is 19.6 Å². The van der Waals surface area contributed by atoms with Gasteiger partial charge in [-0.2, -0.15) is 0 Å². The van der Waals surface area contributed by atoms with E-state index >= 15 is 0 Å². The molecule has 4 rings (SSSR count). The second-order valence-corrected chi connectivity index (χ2v) is 7.52. The third-order valence-electron chi connectivity index (χ3n) is 5.23. The van der Waals surface area contributed by atoms with Crippen molar-refractivity contribution in [3.05, 3.63) is 102 Å². The number of hydrogen-bond donors (Lipinski definition) is 2. The van der Waals surface area contributed by atoms with Crippen LogP contribution in [0.25, 0.3) is 11.1 Å². The molecule has 7 heteroatoms. The van der Waals surface area contributed by atoms with Gasteiger partial charge in [0.2, 0.25) is 0 Å². The molecule has 0 aliphatic heterocycles. The number of hydrogen-bond acceptors (Lipinski definition) is 5. The maximum Gasteiger partial charge on any atom is 0.274 e. The zero-order valence-electron chi connectivity index (χ0n) is 18.9. The molecule has 0 aliphatic carbocycles. The first-order valence-corrected chi connectivity index (χ1v) is 10.9. The Balaban J connectivity index is 1.38. The largest absolute Gasteiger partial charge is 0.457 e. The summed E-state index contributed by atoms with van der Waals surface area (Å²) < 4.78 is 5.78. The quantitative estimate of drug-likeness (QED) is 0.406. The van der Waals surface area contributed by atoms with Crippen LogP contribution in [-0.2, 0) is 6.42 Å². The van der Waals surface area contributed by atoms with Crippen molar-refractivity contribution in [3.8, 4) is 22.6 Å². The normalized spacial score (nSPS) is 10.4. The number of ether oxygens (including phenoxy) is 1. The molecular formula is C27H24N4O3. The minimum atomic E-state index is -0.300. The fourth-order valence-electron chi connectivity index (χ4n) is 3.30. The number of benzene rings is 2. The van der Waals surface area contributed by atoms with Crippen LogP contribution >= 0.6 is 0 Å². The monoisotopic (exact) mass is 452 g/mol. The maximum absolute atomic E-state index is 12.6. The van der Waals surface area contributed by atoms with Crippen LogP contribution in [0.1, 0.15) is 33.5 Å². The van der Waals surface area contributed by atoms with Gasteiger partial charge in [0.1, 0.15) is 22.9 Å². The number of pyridine rings is 2. The Morgan fingerprint density at radius 1 is 0.794 bits per heavy atom. The molecule has 0 unspecified atom stereocenters. The van der Waals surface area contributed by atoms with E-state index in [4.69, 9.17) is 4.74 Å². The minimum Gasteiger partial charge on any atom is -0.457 e. The van der Waals surface area contributed by atoms with E-state index in [0.717, 1.165) is 17.5 Å². The van der Waals surface area contributed by atoms with Gasteiger partial charge < -0.3 is 15.4 Å². The summed E-state index contributed by atoms with van der Waals surface area (Å²) in [6, 6.07) is 22.1. The van der Waals surface area contributed by atoms with Gasteiger partial charge in [-0.05, 0) is 53.9 Å². The highest BCUT2D eigenvalue weighted by atomic mass is 16.5. The summed E-state index contributed by atoms with van der Waals surface area (Å²) in [4.78, 5) is 32.7. The molecule has 0 atom stereocenters. The topological polar surface area (TPSA) is 93.2 Å². The van der Waals surface area contributed by atoms with Crippen molar-refractivity contribution < 1.29 is 14.3 Å². The molecule has 34 heavy (non-hydrogen) atoms. The van der Waals surface area contributed by atoms with Crippen LogP contribution in [0, 0.1) is 0 Å². The van der Waals surface area contributed by atoms with E-state index in [-0.39, 0.29) is 17.5 Å². The molecule has 0 saturated carbocycles. The molecule has 0 fully saturated rings. The van der Waals surface area contributed by atoms with Gasteiger partial charge in [-0.15, -0.1) is 0 Å². The van der Waals surface area contributed by atoms with Crippen LogP contribution in [0.5, 0.6) is 11.5 Å². The summed E-state index contributed by atoms with van der Waals surface area (Å²) in [5, 5.41) is 5.36. The molecule has 2 heterocycles. The molecule has 2 amide bonds. The van der Waals surface area contributed by atoms with Crippen molar-refractivity contribution in [3.63, 3.8) is 0 Å². The lowest BCUT2D eigenvalue weighted by Crippen LogP contribution is -2.18. The standard InChI is InChI=1S/C27H24N4O3/c1-3-18-4-6-19(7-5-18)20-8-13-24(30-17-20)27(33)31-21-9-11-22(12-10-21)34-23-14-15-29-25(16-23)26(32)28-2/h4-17H,3H2,1-2H3,(H,28,32)(H,31,33). The van der Waals surface area contributed by atoms with Crippen LogP contribution < -0.4 is 15.4 Å². The SMILES string of the molecule is CCc1ccc(-c2ccc(C(=O)Nc3ccc(Oc4ccnc(C(=O)NC)c4)cc3)nc2)cc1. The van der Waals surface area contributed by atoms with Crippen molar-refractivity contribution in [2.75, 3.05) is 12.4 Å². The number of amides is 2. The lowest BCUT2D eigenvalue weighted by Gasteiger charge is -2.09. The molecule has 4 aromatic rings. The van der Waals surface area contributed by atoms with Gasteiger partial charge in [-0.25, -0.2) is 0 Å². The Kier molecular flexibility index (Phi) is 6.93. The lowest BCUT2D eigenvalue weighted by molar-refractivity contribution is 0.0957. The first kappa shape index (κ1) is 22.7. The Bertz CT molecular complexity index is 1290. The number of aryl methyl sites for hydroxylation is 1. The third kappa shape index (κ3) is 5.45. The average molecular weight is 453 g/mol. The molecule has 170 valence electrons. The summed E-state index contributed by atoms with van der Waals surface area (Å²) >= 11 is 0. The number of nitrogens with one attached hydrogen (secondary N) is 2. The molecule has 0 radical (unpaired) electrons. The molecule has 0 spiro atoms. The zero-order chi connectivity index (χ0) is 23.9. The minimum absolute atomic E-state index is 0.264. The van der Waals surface area contributed by atoms with Gasteiger partial charge >= 0.3 is 0 Å².